The summed E-state index contributed by atoms with van der Waals surface area (Å²) in [7, 11) is 0. The Morgan fingerprint density at radius 1 is 1.44 bits per heavy atom. The quantitative estimate of drug-likeness (QED) is 0.887. The van der Waals surface area contributed by atoms with E-state index >= 15 is 0 Å². The molecule has 1 aromatic carbocycles. The van der Waals surface area contributed by atoms with Gasteiger partial charge in [0.05, 0.1) is 12.1 Å². The molecule has 0 radical (unpaired) electrons. The highest BCUT2D eigenvalue weighted by Crippen LogP contribution is 2.31. The van der Waals surface area contributed by atoms with E-state index in [9.17, 15) is 4.39 Å². The van der Waals surface area contributed by atoms with Crippen LogP contribution in [0.1, 0.15) is 37.4 Å². The van der Waals surface area contributed by atoms with Crippen molar-refractivity contribution in [3.8, 4) is 0 Å². The summed E-state index contributed by atoms with van der Waals surface area (Å²) in [6, 6.07) is 5.31. The highest BCUT2D eigenvalue weighted by atomic mass is 19.1. The third-order valence-electron chi connectivity index (χ3n) is 3.62. The molecule has 0 saturated carbocycles. The van der Waals surface area contributed by atoms with E-state index in [0.29, 0.717) is 5.92 Å². The first-order valence-electron chi connectivity index (χ1n) is 6.74. The highest BCUT2D eigenvalue weighted by molar-refractivity contribution is 5.27. The van der Waals surface area contributed by atoms with Crippen molar-refractivity contribution >= 4 is 0 Å². The van der Waals surface area contributed by atoms with Crippen LogP contribution in [0.25, 0.3) is 0 Å². The lowest BCUT2D eigenvalue weighted by atomic mass is 9.91. The number of likely N-dealkylation sites (N-methyl/N-ethyl adjacent to an activating group) is 1. The molecular weight excluding hydrogens is 229 g/mol. The number of hydrogen-bond donors (Lipinski definition) is 1. The molecule has 0 bridgehead atoms. The van der Waals surface area contributed by atoms with Crippen molar-refractivity contribution in [1.82, 2.24) is 5.32 Å². The van der Waals surface area contributed by atoms with Crippen LogP contribution < -0.4 is 5.32 Å². The van der Waals surface area contributed by atoms with Crippen LogP contribution in [0, 0.1) is 18.7 Å². The van der Waals surface area contributed by atoms with E-state index in [4.69, 9.17) is 4.74 Å². The number of halogens is 1. The maximum absolute atomic E-state index is 13.5. The summed E-state index contributed by atoms with van der Waals surface area (Å²) >= 11 is 0. The van der Waals surface area contributed by atoms with Crippen molar-refractivity contribution in [2.75, 3.05) is 13.2 Å². The van der Waals surface area contributed by atoms with Gasteiger partial charge in [-0.15, -0.1) is 0 Å². The topological polar surface area (TPSA) is 21.3 Å². The summed E-state index contributed by atoms with van der Waals surface area (Å²) in [4.78, 5) is 0. The fraction of sp³-hybridized carbons (Fsp3) is 0.600. The van der Waals surface area contributed by atoms with E-state index in [2.05, 4.69) is 19.2 Å². The SMILES string of the molecule is CCNC(c1cc(C)cc(F)c1)C1OCCC1C. The number of rotatable bonds is 4. The van der Waals surface area contributed by atoms with Gasteiger partial charge in [-0.1, -0.05) is 19.9 Å². The van der Waals surface area contributed by atoms with Gasteiger partial charge >= 0.3 is 0 Å². The van der Waals surface area contributed by atoms with Gasteiger partial charge in [0, 0.05) is 6.61 Å². The molecule has 3 unspecified atom stereocenters. The predicted molar refractivity (Wildman–Crippen MR) is 71.1 cm³/mol. The molecule has 1 saturated heterocycles. The van der Waals surface area contributed by atoms with Crippen molar-refractivity contribution in [3.63, 3.8) is 0 Å². The molecule has 3 atom stereocenters. The Hall–Kier alpha value is -0.930. The minimum Gasteiger partial charge on any atom is -0.376 e. The van der Waals surface area contributed by atoms with Gasteiger partial charge in [-0.25, -0.2) is 4.39 Å². The van der Waals surface area contributed by atoms with Gasteiger partial charge in [0.1, 0.15) is 5.82 Å². The van der Waals surface area contributed by atoms with Crippen LogP contribution in [0.5, 0.6) is 0 Å². The Kier molecular flexibility index (Phi) is 4.36. The van der Waals surface area contributed by atoms with Crippen LogP contribution >= 0.6 is 0 Å². The molecule has 1 heterocycles. The largest absolute Gasteiger partial charge is 0.376 e. The molecule has 0 aromatic heterocycles. The number of benzene rings is 1. The molecule has 1 aliphatic heterocycles. The minimum absolute atomic E-state index is 0.0851. The summed E-state index contributed by atoms with van der Waals surface area (Å²) < 4.78 is 19.4. The summed E-state index contributed by atoms with van der Waals surface area (Å²) in [6.45, 7) is 7.86. The molecule has 2 nitrogen and oxygen atoms in total. The van der Waals surface area contributed by atoms with Gasteiger partial charge in [0.2, 0.25) is 0 Å². The van der Waals surface area contributed by atoms with Crippen molar-refractivity contribution in [1.29, 1.82) is 0 Å². The van der Waals surface area contributed by atoms with Crippen molar-refractivity contribution in [2.24, 2.45) is 5.92 Å². The van der Waals surface area contributed by atoms with Crippen LogP contribution in [0.15, 0.2) is 18.2 Å². The van der Waals surface area contributed by atoms with E-state index in [1.54, 1.807) is 12.1 Å². The molecule has 1 fully saturated rings. The minimum atomic E-state index is -0.168. The first-order chi connectivity index (χ1) is 8.61. The Labute approximate surface area is 109 Å². The fourth-order valence-corrected chi connectivity index (χ4v) is 2.73. The van der Waals surface area contributed by atoms with Crippen molar-refractivity contribution in [2.45, 2.75) is 39.3 Å². The van der Waals surface area contributed by atoms with Gasteiger partial charge in [0.25, 0.3) is 0 Å². The lowest BCUT2D eigenvalue weighted by Gasteiger charge is -2.27. The first kappa shape index (κ1) is 13.5. The monoisotopic (exact) mass is 251 g/mol. The normalized spacial score (nSPS) is 25.3. The third-order valence-corrected chi connectivity index (χ3v) is 3.62. The zero-order chi connectivity index (χ0) is 13.1. The molecule has 1 aliphatic rings. The lowest BCUT2D eigenvalue weighted by Crippen LogP contribution is -2.34. The van der Waals surface area contributed by atoms with Crippen LogP contribution in [-0.4, -0.2) is 19.3 Å². The fourth-order valence-electron chi connectivity index (χ4n) is 2.73. The Balaban J connectivity index is 2.28. The van der Waals surface area contributed by atoms with E-state index in [-0.39, 0.29) is 18.0 Å². The second-order valence-corrected chi connectivity index (χ2v) is 5.20. The van der Waals surface area contributed by atoms with E-state index in [1.807, 2.05) is 13.0 Å². The number of hydrogen-bond acceptors (Lipinski definition) is 2. The second kappa shape index (κ2) is 5.81. The third kappa shape index (κ3) is 2.90. The smallest absolute Gasteiger partial charge is 0.123 e. The molecule has 1 aromatic rings. The highest BCUT2D eigenvalue weighted by Gasteiger charge is 2.32. The molecule has 1 N–H and O–H groups in total. The molecule has 100 valence electrons. The molecule has 0 amide bonds. The Morgan fingerprint density at radius 2 is 2.22 bits per heavy atom. The average Bonchev–Trinajstić information content (AvgIpc) is 2.71. The van der Waals surface area contributed by atoms with Crippen molar-refractivity contribution < 1.29 is 9.13 Å². The Morgan fingerprint density at radius 3 is 2.78 bits per heavy atom. The van der Waals surface area contributed by atoms with Crippen LogP contribution in [0.3, 0.4) is 0 Å². The van der Waals surface area contributed by atoms with E-state index in [1.165, 1.54) is 0 Å². The number of nitrogens with one attached hydrogen (secondary N) is 1. The maximum Gasteiger partial charge on any atom is 0.123 e. The van der Waals surface area contributed by atoms with Gasteiger partial charge < -0.3 is 10.1 Å². The zero-order valence-corrected chi connectivity index (χ0v) is 11.4. The molecule has 3 heteroatoms. The molecule has 0 spiro atoms. The molecule has 18 heavy (non-hydrogen) atoms. The average molecular weight is 251 g/mol. The predicted octanol–water partition coefficient (Wildman–Crippen LogP) is 3.21. The summed E-state index contributed by atoms with van der Waals surface area (Å²) in [5, 5.41) is 3.43. The molecule has 2 rings (SSSR count). The second-order valence-electron chi connectivity index (χ2n) is 5.20. The standard InChI is InChI=1S/C15H22FNO/c1-4-17-14(15-11(3)5-6-18-15)12-7-10(2)8-13(16)9-12/h7-9,11,14-15,17H,4-6H2,1-3H3. The van der Waals surface area contributed by atoms with E-state index in [0.717, 1.165) is 30.7 Å². The first-order valence-corrected chi connectivity index (χ1v) is 6.74. The number of aryl methyl sites for hydroxylation is 1. The summed E-state index contributed by atoms with van der Waals surface area (Å²) in [5.74, 6) is 0.344. The summed E-state index contributed by atoms with van der Waals surface area (Å²) in [5.41, 5.74) is 1.95. The summed E-state index contributed by atoms with van der Waals surface area (Å²) in [6.07, 6.45) is 1.23. The van der Waals surface area contributed by atoms with Crippen molar-refractivity contribution in [3.05, 3.63) is 35.1 Å². The lowest BCUT2D eigenvalue weighted by molar-refractivity contribution is 0.0611. The number of ether oxygens (including phenoxy) is 1. The van der Waals surface area contributed by atoms with Gasteiger partial charge in [0.15, 0.2) is 0 Å². The van der Waals surface area contributed by atoms with Gasteiger partial charge in [-0.05, 0) is 49.1 Å². The van der Waals surface area contributed by atoms with Crippen LogP contribution in [0.4, 0.5) is 4.39 Å². The maximum atomic E-state index is 13.5. The molecule has 0 aliphatic carbocycles. The van der Waals surface area contributed by atoms with Crippen LogP contribution in [0.2, 0.25) is 0 Å². The van der Waals surface area contributed by atoms with E-state index < -0.39 is 0 Å². The van der Waals surface area contributed by atoms with Gasteiger partial charge in [-0.3, -0.25) is 0 Å². The van der Waals surface area contributed by atoms with Crippen LogP contribution in [-0.2, 0) is 4.74 Å². The van der Waals surface area contributed by atoms with Gasteiger partial charge in [-0.2, -0.15) is 0 Å². The molecular formula is C15H22FNO. The Bertz CT molecular complexity index is 387. The zero-order valence-electron chi connectivity index (χ0n) is 11.4.